The van der Waals surface area contributed by atoms with E-state index in [0.29, 0.717) is 35.8 Å². The summed E-state index contributed by atoms with van der Waals surface area (Å²) in [6.07, 6.45) is 0. The number of aromatic nitrogens is 1. The molecule has 3 heterocycles. The molecule has 8 heteroatoms. The van der Waals surface area contributed by atoms with E-state index in [-0.39, 0.29) is 12.3 Å². The second-order valence-electron chi connectivity index (χ2n) is 8.68. The highest BCUT2D eigenvalue weighted by Gasteiger charge is 2.50. The molecule has 3 amide bonds. The Labute approximate surface area is 197 Å². The van der Waals surface area contributed by atoms with Crippen LogP contribution < -0.4 is 14.8 Å². The third-order valence-electron chi connectivity index (χ3n) is 6.44. The van der Waals surface area contributed by atoms with Crippen molar-refractivity contribution in [2.24, 2.45) is 0 Å². The number of fused-ring (bicyclic) bond motifs is 1. The summed E-state index contributed by atoms with van der Waals surface area (Å²) in [7, 11) is 0. The zero-order valence-electron chi connectivity index (χ0n) is 19.3. The predicted molar refractivity (Wildman–Crippen MR) is 125 cm³/mol. The van der Waals surface area contributed by atoms with E-state index in [1.165, 1.54) is 0 Å². The molecule has 1 saturated heterocycles. The standard InChI is InChI=1S/C26H25N3O5/c1-16-13-20(17(2)29(16)19-7-5-4-6-8-19)21(30)15-28-24(31)26(3,27-25(28)32)18-9-10-22-23(14-18)34-12-11-33-22/h4-10,13-14H,11-12,15H2,1-3H3,(H,27,32)/t26-/m1/s1. The summed E-state index contributed by atoms with van der Waals surface area (Å²) in [5, 5.41) is 2.75. The average Bonchev–Trinajstić information content (AvgIpc) is 3.26. The van der Waals surface area contributed by atoms with Crippen molar-refractivity contribution in [3.8, 4) is 17.2 Å². The quantitative estimate of drug-likeness (QED) is 0.466. The zero-order chi connectivity index (χ0) is 24.0. The van der Waals surface area contributed by atoms with Crippen molar-refractivity contribution in [2.75, 3.05) is 19.8 Å². The Morgan fingerprint density at radius 3 is 2.44 bits per heavy atom. The van der Waals surface area contributed by atoms with Crippen LogP contribution in [0.5, 0.6) is 11.5 Å². The first-order valence-electron chi connectivity index (χ1n) is 11.1. The molecule has 0 aliphatic carbocycles. The highest BCUT2D eigenvalue weighted by atomic mass is 16.6. The fourth-order valence-electron chi connectivity index (χ4n) is 4.64. The van der Waals surface area contributed by atoms with Gasteiger partial charge >= 0.3 is 6.03 Å². The van der Waals surface area contributed by atoms with Crippen LogP contribution in [-0.4, -0.2) is 46.9 Å². The number of benzene rings is 2. The summed E-state index contributed by atoms with van der Waals surface area (Å²) in [4.78, 5) is 40.4. The van der Waals surface area contributed by atoms with E-state index in [2.05, 4.69) is 5.32 Å². The summed E-state index contributed by atoms with van der Waals surface area (Å²) in [6.45, 7) is 5.94. The molecule has 2 aromatic carbocycles. The first-order valence-corrected chi connectivity index (χ1v) is 11.1. The maximum absolute atomic E-state index is 13.4. The Morgan fingerprint density at radius 1 is 1.00 bits per heavy atom. The van der Waals surface area contributed by atoms with Gasteiger partial charge in [0.15, 0.2) is 17.3 Å². The number of imide groups is 1. The molecule has 1 N–H and O–H groups in total. The fraction of sp³-hybridized carbons (Fsp3) is 0.269. The number of hydrogen-bond donors (Lipinski definition) is 1. The van der Waals surface area contributed by atoms with Crippen molar-refractivity contribution in [2.45, 2.75) is 26.3 Å². The van der Waals surface area contributed by atoms with E-state index >= 15 is 0 Å². The number of nitrogens with one attached hydrogen (secondary N) is 1. The van der Waals surface area contributed by atoms with Gasteiger partial charge in [-0.05, 0) is 56.7 Å². The molecule has 1 aromatic heterocycles. The molecule has 34 heavy (non-hydrogen) atoms. The number of nitrogens with zero attached hydrogens (tertiary/aromatic N) is 2. The number of rotatable bonds is 5. The van der Waals surface area contributed by atoms with Gasteiger partial charge in [0.2, 0.25) is 0 Å². The third-order valence-corrected chi connectivity index (χ3v) is 6.44. The van der Waals surface area contributed by atoms with E-state index in [4.69, 9.17) is 9.47 Å². The van der Waals surface area contributed by atoms with Crippen LogP contribution in [0.3, 0.4) is 0 Å². The monoisotopic (exact) mass is 459 g/mol. The number of ketones is 1. The molecule has 2 aliphatic heterocycles. The van der Waals surface area contributed by atoms with Gasteiger partial charge in [0, 0.05) is 22.6 Å². The summed E-state index contributed by atoms with van der Waals surface area (Å²) >= 11 is 0. The highest BCUT2D eigenvalue weighted by Crippen LogP contribution is 2.37. The first-order chi connectivity index (χ1) is 16.3. The maximum atomic E-state index is 13.4. The number of carbonyl (C=O) groups excluding carboxylic acids is 3. The van der Waals surface area contributed by atoms with Gasteiger partial charge in [-0.15, -0.1) is 0 Å². The van der Waals surface area contributed by atoms with Crippen LogP contribution >= 0.6 is 0 Å². The van der Waals surface area contributed by atoms with Gasteiger partial charge in [0.1, 0.15) is 18.8 Å². The Bertz CT molecular complexity index is 1310. The molecule has 1 atom stereocenters. The minimum atomic E-state index is -1.31. The maximum Gasteiger partial charge on any atom is 0.325 e. The SMILES string of the molecule is Cc1cc(C(=O)CN2C(=O)N[C@](C)(c3ccc4c(c3)OCCO4)C2=O)c(C)n1-c1ccccc1. The van der Waals surface area contributed by atoms with E-state index in [1.54, 1.807) is 31.2 Å². The van der Waals surface area contributed by atoms with Gasteiger partial charge in [-0.3, -0.25) is 14.5 Å². The van der Waals surface area contributed by atoms with Crippen molar-refractivity contribution in [3.05, 3.63) is 77.1 Å². The molecular formula is C26H25N3O5. The van der Waals surface area contributed by atoms with Gasteiger partial charge in [0.05, 0.1) is 6.54 Å². The molecule has 174 valence electrons. The zero-order valence-corrected chi connectivity index (χ0v) is 19.3. The molecule has 0 spiro atoms. The van der Waals surface area contributed by atoms with Gasteiger partial charge in [0.25, 0.3) is 5.91 Å². The van der Waals surface area contributed by atoms with Crippen molar-refractivity contribution in [3.63, 3.8) is 0 Å². The molecule has 0 saturated carbocycles. The average molecular weight is 460 g/mol. The smallest absolute Gasteiger partial charge is 0.325 e. The molecule has 0 radical (unpaired) electrons. The molecule has 0 unspecified atom stereocenters. The lowest BCUT2D eigenvalue weighted by atomic mass is 9.91. The molecule has 5 rings (SSSR count). The van der Waals surface area contributed by atoms with Crippen molar-refractivity contribution in [1.82, 2.24) is 14.8 Å². The van der Waals surface area contributed by atoms with Gasteiger partial charge < -0.3 is 19.4 Å². The Balaban J connectivity index is 1.40. The predicted octanol–water partition coefficient (Wildman–Crippen LogP) is 3.52. The van der Waals surface area contributed by atoms with Crippen LogP contribution in [-0.2, 0) is 10.3 Å². The summed E-state index contributed by atoms with van der Waals surface area (Å²) in [6, 6.07) is 16.1. The van der Waals surface area contributed by atoms with Crippen LogP contribution in [0.25, 0.3) is 5.69 Å². The fourth-order valence-corrected chi connectivity index (χ4v) is 4.64. The Hall–Kier alpha value is -4.07. The van der Waals surface area contributed by atoms with Crippen LogP contribution in [0.2, 0.25) is 0 Å². The third kappa shape index (κ3) is 3.42. The summed E-state index contributed by atoms with van der Waals surface area (Å²) in [5.41, 5.74) is 2.33. The van der Waals surface area contributed by atoms with Crippen LogP contribution in [0.4, 0.5) is 4.79 Å². The molecular weight excluding hydrogens is 434 g/mol. The summed E-state index contributed by atoms with van der Waals surface area (Å²) in [5.74, 6) is 0.329. The lowest BCUT2D eigenvalue weighted by Crippen LogP contribution is -2.41. The largest absolute Gasteiger partial charge is 0.486 e. The van der Waals surface area contributed by atoms with E-state index in [9.17, 15) is 14.4 Å². The number of carbonyl (C=O) groups is 3. The van der Waals surface area contributed by atoms with Gasteiger partial charge in [-0.2, -0.15) is 0 Å². The van der Waals surface area contributed by atoms with E-state index in [1.807, 2.05) is 48.7 Å². The molecule has 0 bridgehead atoms. The van der Waals surface area contributed by atoms with Crippen LogP contribution in [0.1, 0.15) is 34.2 Å². The number of ether oxygens (including phenoxy) is 2. The number of amides is 3. The van der Waals surface area contributed by atoms with Crippen LogP contribution in [0, 0.1) is 13.8 Å². The Morgan fingerprint density at radius 2 is 1.71 bits per heavy atom. The number of aryl methyl sites for hydroxylation is 1. The summed E-state index contributed by atoms with van der Waals surface area (Å²) < 4.78 is 13.2. The number of Topliss-reactive ketones (excluding diaryl/α,β-unsaturated/α-hetero) is 1. The topological polar surface area (TPSA) is 89.9 Å². The highest BCUT2D eigenvalue weighted by molar-refractivity contribution is 6.11. The van der Waals surface area contributed by atoms with E-state index < -0.39 is 17.5 Å². The molecule has 8 nitrogen and oxygen atoms in total. The number of urea groups is 1. The normalized spacial score (nSPS) is 19.3. The molecule has 1 fully saturated rings. The van der Waals surface area contributed by atoms with Crippen LogP contribution in [0.15, 0.2) is 54.6 Å². The van der Waals surface area contributed by atoms with Gasteiger partial charge in [-0.1, -0.05) is 24.3 Å². The second-order valence-corrected chi connectivity index (χ2v) is 8.68. The lowest BCUT2D eigenvalue weighted by molar-refractivity contribution is -0.130. The second kappa shape index (κ2) is 8.06. The van der Waals surface area contributed by atoms with Crippen molar-refractivity contribution >= 4 is 17.7 Å². The number of para-hydroxylation sites is 1. The molecule has 2 aliphatic rings. The van der Waals surface area contributed by atoms with Crippen molar-refractivity contribution in [1.29, 1.82) is 0 Å². The van der Waals surface area contributed by atoms with Gasteiger partial charge in [-0.25, -0.2) is 4.79 Å². The lowest BCUT2D eigenvalue weighted by Gasteiger charge is -2.25. The van der Waals surface area contributed by atoms with Crippen molar-refractivity contribution < 1.29 is 23.9 Å². The molecule has 3 aromatic rings. The Kier molecular flexibility index (Phi) is 5.16. The number of hydrogen-bond acceptors (Lipinski definition) is 5. The van der Waals surface area contributed by atoms with E-state index in [0.717, 1.165) is 22.0 Å². The minimum absolute atomic E-state index is 0.301. The minimum Gasteiger partial charge on any atom is -0.486 e. The first kappa shape index (κ1) is 21.8.